The monoisotopic (exact) mass is 426 g/mol. The molecule has 1 aliphatic heterocycles. The number of hydrogen-bond acceptors (Lipinski definition) is 3. The fraction of sp³-hybridized carbons (Fsp3) is 0.571. The van der Waals surface area contributed by atoms with E-state index in [0.29, 0.717) is 28.6 Å². The highest BCUT2D eigenvalue weighted by Gasteiger charge is 2.42. The van der Waals surface area contributed by atoms with Crippen molar-refractivity contribution < 1.29 is 23.4 Å². The van der Waals surface area contributed by atoms with Crippen molar-refractivity contribution in [2.45, 2.75) is 50.0 Å². The van der Waals surface area contributed by atoms with Gasteiger partial charge in [-0.25, -0.2) is 8.78 Å². The highest BCUT2D eigenvalue weighted by atomic mass is 35.5. The summed E-state index contributed by atoms with van der Waals surface area (Å²) in [5.41, 5.74) is 0.705. The van der Waals surface area contributed by atoms with Crippen LogP contribution in [0.5, 0.6) is 0 Å². The summed E-state index contributed by atoms with van der Waals surface area (Å²) >= 11 is 6.39. The first-order valence-corrected chi connectivity index (χ1v) is 10.4. The number of aromatic nitrogens is 1. The standard InChI is InChI=1S/C21H25ClF2N2O3/c22-17-2-1-8-26-15(10-14-3-9-29-12-14)11-16(18(17)26)19(27)25-13-20(28)4-6-21(23,24)7-5-20/h1-2,8,11,14,28H,3-7,9-10,12-13H2,(H,25,27). The fourth-order valence-electron chi connectivity index (χ4n) is 4.25. The second kappa shape index (κ2) is 7.85. The van der Waals surface area contributed by atoms with Crippen molar-refractivity contribution in [1.29, 1.82) is 0 Å². The van der Waals surface area contributed by atoms with Crippen molar-refractivity contribution in [3.8, 4) is 0 Å². The zero-order valence-electron chi connectivity index (χ0n) is 16.1. The third kappa shape index (κ3) is 4.42. The SMILES string of the molecule is O=C(NCC1(O)CCC(F)(F)CC1)c1cc(CC2CCOC2)n2cccc(Cl)c12. The zero-order valence-corrected chi connectivity index (χ0v) is 16.9. The minimum atomic E-state index is -2.73. The van der Waals surface area contributed by atoms with Crippen LogP contribution >= 0.6 is 11.6 Å². The Morgan fingerprint density at radius 2 is 2.10 bits per heavy atom. The minimum absolute atomic E-state index is 0.0372. The Bertz CT molecular complexity index is 899. The molecule has 2 aromatic heterocycles. The van der Waals surface area contributed by atoms with Crippen LogP contribution in [0.1, 0.15) is 48.2 Å². The molecule has 1 atom stereocenters. The molecule has 0 bridgehead atoms. The molecule has 1 aliphatic carbocycles. The Morgan fingerprint density at radius 3 is 2.79 bits per heavy atom. The van der Waals surface area contributed by atoms with Gasteiger partial charge in [0.05, 0.1) is 21.7 Å². The van der Waals surface area contributed by atoms with E-state index < -0.39 is 11.5 Å². The molecule has 0 spiro atoms. The Hall–Kier alpha value is -1.70. The van der Waals surface area contributed by atoms with Crippen molar-refractivity contribution >= 4 is 23.0 Å². The molecule has 1 saturated heterocycles. The molecule has 2 N–H and O–H groups in total. The molecule has 1 amide bonds. The van der Waals surface area contributed by atoms with Gasteiger partial charge in [0.25, 0.3) is 5.91 Å². The van der Waals surface area contributed by atoms with Gasteiger partial charge in [-0.1, -0.05) is 11.6 Å². The summed E-state index contributed by atoms with van der Waals surface area (Å²) in [6.07, 6.45) is 2.82. The Balaban J connectivity index is 1.52. The molecule has 4 rings (SSSR count). The zero-order chi connectivity index (χ0) is 20.6. The summed E-state index contributed by atoms with van der Waals surface area (Å²) in [5.74, 6) is -2.70. The predicted octanol–water partition coefficient (Wildman–Crippen LogP) is 3.84. The van der Waals surface area contributed by atoms with E-state index in [4.69, 9.17) is 16.3 Å². The molecule has 158 valence electrons. The fourth-order valence-corrected chi connectivity index (χ4v) is 4.52. The molecular weight excluding hydrogens is 402 g/mol. The van der Waals surface area contributed by atoms with E-state index >= 15 is 0 Å². The molecule has 1 unspecified atom stereocenters. The number of nitrogens with zero attached hydrogens (tertiary/aromatic N) is 1. The van der Waals surface area contributed by atoms with Crippen LogP contribution in [0.4, 0.5) is 8.78 Å². The number of aliphatic hydroxyl groups is 1. The van der Waals surface area contributed by atoms with E-state index in [1.165, 1.54) is 0 Å². The van der Waals surface area contributed by atoms with Crippen LogP contribution in [0.25, 0.3) is 5.52 Å². The molecule has 8 heteroatoms. The summed E-state index contributed by atoms with van der Waals surface area (Å²) in [7, 11) is 0. The summed E-state index contributed by atoms with van der Waals surface area (Å²) in [4.78, 5) is 12.9. The summed E-state index contributed by atoms with van der Waals surface area (Å²) in [6, 6.07) is 5.39. The van der Waals surface area contributed by atoms with Gasteiger partial charge in [-0.05, 0) is 49.8 Å². The largest absolute Gasteiger partial charge is 0.388 e. The number of pyridine rings is 1. The number of halogens is 3. The molecular formula is C21H25ClF2N2O3. The van der Waals surface area contributed by atoms with E-state index in [0.717, 1.165) is 25.1 Å². The minimum Gasteiger partial charge on any atom is -0.388 e. The average Bonchev–Trinajstić information content (AvgIpc) is 3.32. The number of amides is 1. The van der Waals surface area contributed by atoms with Crippen LogP contribution < -0.4 is 5.32 Å². The quantitative estimate of drug-likeness (QED) is 0.763. The predicted molar refractivity (Wildman–Crippen MR) is 106 cm³/mol. The van der Waals surface area contributed by atoms with E-state index in [-0.39, 0.29) is 38.1 Å². The first kappa shape index (κ1) is 20.6. The lowest BCUT2D eigenvalue weighted by Crippen LogP contribution is -2.47. The Kier molecular flexibility index (Phi) is 5.57. The van der Waals surface area contributed by atoms with Crippen molar-refractivity contribution in [3.05, 3.63) is 40.7 Å². The number of rotatable bonds is 5. The summed E-state index contributed by atoms with van der Waals surface area (Å²) < 4.78 is 34.1. The maximum Gasteiger partial charge on any atom is 0.253 e. The highest BCUT2D eigenvalue weighted by molar-refractivity contribution is 6.34. The third-order valence-corrected chi connectivity index (χ3v) is 6.38. The van der Waals surface area contributed by atoms with Gasteiger partial charge >= 0.3 is 0 Å². The third-order valence-electron chi connectivity index (χ3n) is 6.08. The maximum absolute atomic E-state index is 13.4. The molecule has 2 aromatic rings. The van der Waals surface area contributed by atoms with Gasteiger partial charge in [-0.15, -0.1) is 0 Å². The van der Waals surface area contributed by atoms with Gasteiger partial charge in [-0.3, -0.25) is 4.79 Å². The molecule has 0 aromatic carbocycles. The lowest BCUT2D eigenvalue weighted by molar-refractivity contribution is -0.101. The molecule has 2 aliphatic rings. The molecule has 1 saturated carbocycles. The Labute approximate surface area is 173 Å². The number of carbonyl (C=O) groups excluding carboxylic acids is 1. The second-order valence-electron chi connectivity index (χ2n) is 8.32. The topological polar surface area (TPSA) is 63.0 Å². The molecule has 3 heterocycles. The first-order chi connectivity index (χ1) is 13.8. The lowest BCUT2D eigenvalue weighted by atomic mass is 9.82. The number of fused-ring (bicyclic) bond motifs is 1. The molecule has 5 nitrogen and oxygen atoms in total. The molecule has 2 fully saturated rings. The van der Waals surface area contributed by atoms with Gasteiger partial charge in [-0.2, -0.15) is 0 Å². The van der Waals surface area contributed by atoms with E-state index in [1.54, 1.807) is 6.07 Å². The van der Waals surface area contributed by atoms with Crippen molar-refractivity contribution in [1.82, 2.24) is 9.72 Å². The van der Waals surface area contributed by atoms with E-state index in [1.807, 2.05) is 22.7 Å². The van der Waals surface area contributed by atoms with Crippen LogP contribution in [0.15, 0.2) is 24.4 Å². The summed E-state index contributed by atoms with van der Waals surface area (Å²) in [5, 5.41) is 13.8. The van der Waals surface area contributed by atoms with Crippen LogP contribution in [-0.4, -0.2) is 46.7 Å². The van der Waals surface area contributed by atoms with Gasteiger partial charge in [0.2, 0.25) is 5.92 Å². The van der Waals surface area contributed by atoms with Crippen LogP contribution in [0, 0.1) is 5.92 Å². The average molecular weight is 427 g/mol. The second-order valence-corrected chi connectivity index (χ2v) is 8.73. The van der Waals surface area contributed by atoms with Crippen LogP contribution in [0.2, 0.25) is 5.02 Å². The van der Waals surface area contributed by atoms with Crippen LogP contribution in [0.3, 0.4) is 0 Å². The van der Waals surface area contributed by atoms with Crippen LogP contribution in [-0.2, 0) is 11.2 Å². The lowest BCUT2D eigenvalue weighted by Gasteiger charge is -2.35. The maximum atomic E-state index is 13.4. The van der Waals surface area contributed by atoms with Gasteiger partial charge in [0, 0.05) is 44.5 Å². The normalized spacial score (nSPS) is 23.4. The van der Waals surface area contributed by atoms with Crippen molar-refractivity contribution in [2.24, 2.45) is 5.92 Å². The van der Waals surface area contributed by atoms with Crippen molar-refractivity contribution in [2.75, 3.05) is 19.8 Å². The van der Waals surface area contributed by atoms with Gasteiger partial charge < -0.3 is 19.6 Å². The Morgan fingerprint density at radius 1 is 1.34 bits per heavy atom. The first-order valence-electron chi connectivity index (χ1n) is 10.0. The van der Waals surface area contributed by atoms with E-state index in [2.05, 4.69) is 5.32 Å². The molecule has 0 radical (unpaired) electrons. The number of carbonyl (C=O) groups is 1. The number of alkyl halides is 2. The molecule has 29 heavy (non-hydrogen) atoms. The van der Waals surface area contributed by atoms with E-state index in [9.17, 15) is 18.7 Å². The number of nitrogens with one attached hydrogen (secondary N) is 1. The van der Waals surface area contributed by atoms with Gasteiger partial charge in [0.1, 0.15) is 0 Å². The van der Waals surface area contributed by atoms with Crippen molar-refractivity contribution in [3.63, 3.8) is 0 Å². The number of hydrogen-bond donors (Lipinski definition) is 2. The summed E-state index contributed by atoms with van der Waals surface area (Å²) in [6.45, 7) is 1.39. The number of ether oxygens (including phenoxy) is 1. The highest BCUT2D eigenvalue weighted by Crippen LogP contribution is 2.38. The smallest absolute Gasteiger partial charge is 0.253 e. The van der Waals surface area contributed by atoms with Gasteiger partial charge in [0.15, 0.2) is 0 Å².